The zero-order valence-electron chi connectivity index (χ0n) is 16.5. The fourth-order valence-electron chi connectivity index (χ4n) is 2.38. The number of halogens is 4. The Bertz CT molecular complexity index is 825. The average Bonchev–Trinajstić information content (AvgIpc) is 2.72. The first-order valence-corrected chi connectivity index (χ1v) is 8.85. The van der Waals surface area contributed by atoms with Gasteiger partial charge in [-0.1, -0.05) is 24.3 Å². The Balaban J connectivity index is 0.00000450. The molecular weight excluding hydrogens is 512 g/mol. The number of benzene rings is 2. The van der Waals surface area contributed by atoms with Crippen molar-refractivity contribution in [2.45, 2.75) is 19.3 Å². The first-order chi connectivity index (χ1) is 13.8. The fraction of sp³-hybridized carbons (Fsp3) is 0.300. The molecule has 30 heavy (non-hydrogen) atoms. The van der Waals surface area contributed by atoms with Gasteiger partial charge in [-0.15, -0.1) is 24.0 Å². The lowest BCUT2D eigenvalue weighted by Crippen LogP contribution is -2.36. The third kappa shape index (κ3) is 8.89. The third-order valence-electron chi connectivity index (χ3n) is 3.91. The van der Waals surface area contributed by atoms with Crippen molar-refractivity contribution in [1.82, 2.24) is 16.0 Å². The summed E-state index contributed by atoms with van der Waals surface area (Å²) in [6.07, 6.45) is -4.36. The standard InChI is InChI=1S/C20H23F3N4O2.HI/c1-24-18(28)16-7-3-14(4-8-16)11-26-19(25-2)27-12-15-5-9-17(10-6-15)29-13-20(21,22)23;/h3-10H,11-13H2,1-2H3,(H,24,28)(H2,25,26,27);1H. The van der Waals surface area contributed by atoms with E-state index in [2.05, 4.69) is 25.7 Å². The van der Waals surface area contributed by atoms with Crippen LogP contribution in [-0.4, -0.2) is 38.7 Å². The van der Waals surface area contributed by atoms with Crippen LogP contribution >= 0.6 is 24.0 Å². The summed E-state index contributed by atoms with van der Waals surface area (Å²) in [6.45, 7) is -0.363. The molecule has 3 N–H and O–H groups in total. The number of hydrogen-bond acceptors (Lipinski definition) is 3. The van der Waals surface area contributed by atoms with Crippen LogP contribution in [0.5, 0.6) is 5.75 Å². The minimum absolute atomic E-state index is 0. The highest BCUT2D eigenvalue weighted by atomic mass is 127. The molecule has 0 aromatic heterocycles. The molecule has 0 unspecified atom stereocenters. The number of rotatable bonds is 7. The third-order valence-corrected chi connectivity index (χ3v) is 3.91. The Kier molecular flexibility index (Phi) is 10.4. The molecule has 0 aliphatic rings. The van der Waals surface area contributed by atoms with E-state index in [1.165, 1.54) is 12.1 Å². The maximum absolute atomic E-state index is 12.2. The number of amides is 1. The molecule has 0 fully saturated rings. The normalized spacial score (nSPS) is 11.3. The summed E-state index contributed by atoms with van der Waals surface area (Å²) in [5, 5.41) is 8.85. The fourth-order valence-corrected chi connectivity index (χ4v) is 2.38. The Morgan fingerprint density at radius 1 is 0.967 bits per heavy atom. The lowest BCUT2D eigenvalue weighted by Gasteiger charge is -2.13. The molecule has 0 saturated carbocycles. The van der Waals surface area contributed by atoms with E-state index in [-0.39, 0.29) is 35.6 Å². The topological polar surface area (TPSA) is 74.8 Å². The van der Waals surface area contributed by atoms with Gasteiger partial charge in [0.05, 0.1) is 0 Å². The van der Waals surface area contributed by atoms with Crippen LogP contribution in [0.4, 0.5) is 13.2 Å². The van der Waals surface area contributed by atoms with Gasteiger partial charge < -0.3 is 20.7 Å². The molecule has 0 saturated heterocycles. The highest BCUT2D eigenvalue weighted by Gasteiger charge is 2.28. The van der Waals surface area contributed by atoms with E-state index in [1.807, 2.05) is 12.1 Å². The van der Waals surface area contributed by atoms with Crippen molar-refractivity contribution in [2.75, 3.05) is 20.7 Å². The van der Waals surface area contributed by atoms with Crippen LogP contribution in [0.25, 0.3) is 0 Å². The van der Waals surface area contributed by atoms with Crippen LogP contribution < -0.4 is 20.7 Å². The summed E-state index contributed by atoms with van der Waals surface area (Å²) < 4.78 is 41.2. The van der Waals surface area contributed by atoms with Gasteiger partial charge in [0.15, 0.2) is 12.6 Å². The molecule has 0 atom stereocenters. The van der Waals surface area contributed by atoms with Crippen molar-refractivity contribution in [3.63, 3.8) is 0 Å². The number of nitrogens with zero attached hydrogens (tertiary/aromatic N) is 1. The van der Waals surface area contributed by atoms with Crippen LogP contribution in [-0.2, 0) is 13.1 Å². The van der Waals surface area contributed by atoms with Gasteiger partial charge in [0, 0.05) is 32.7 Å². The van der Waals surface area contributed by atoms with Crippen LogP contribution in [0.3, 0.4) is 0 Å². The number of guanidine groups is 1. The molecule has 0 aliphatic carbocycles. The van der Waals surface area contributed by atoms with Gasteiger partial charge in [-0.25, -0.2) is 0 Å². The molecule has 6 nitrogen and oxygen atoms in total. The number of alkyl halides is 3. The molecule has 0 spiro atoms. The van der Waals surface area contributed by atoms with Crippen molar-refractivity contribution < 1.29 is 22.7 Å². The van der Waals surface area contributed by atoms with Gasteiger partial charge in [-0.2, -0.15) is 13.2 Å². The lowest BCUT2D eigenvalue weighted by atomic mass is 10.1. The van der Waals surface area contributed by atoms with Gasteiger partial charge in [-0.3, -0.25) is 9.79 Å². The minimum Gasteiger partial charge on any atom is -0.484 e. The van der Waals surface area contributed by atoms with Crippen LogP contribution in [0.2, 0.25) is 0 Å². The zero-order valence-corrected chi connectivity index (χ0v) is 18.9. The van der Waals surface area contributed by atoms with E-state index >= 15 is 0 Å². The average molecular weight is 536 g/mol. The van der Waals surface area contributed by atoms with Crippen molar-refractivity contribution in [2.24, 2.45) is 4.99 Å². The van der Waals surface area contributed by atoms with E-state index in [9.17, 15) is 18.0 Å². The molecule has 0 aliphatic heterocycles. The van der Waals surface area contributed by atoms with E-state index in [0.29, 0.717) is 24.6 Å². The first kappa shape index (κ1) is 25.5. The SMILES string of the molecule is CN=C(NCc1ccc(OCC(F)(F)F)cc1)NCc1ccc(C(=O)NC)cc1.I. The Labute approximate surface area is 190 Å². The summed E-state index contributed by atoms with van der Waals surface area (Å²) in [6, 6.07) is 13.5. The maximum Gasteiger partial charge on any atom is 0.422 e. The van der Waals surface area contributed by atoms with Crippen molar-refractivity contribution in [3.05, 3.63) is 65.2 Å². The molecule has 0 bridgehead atoms. The predicted octanol–water partition coefficient (Wildman–Crippen LogP) is 3.47. The van der Waals surface area contributed by atoms with Crippen molar-refractivity contribution in [1.29, 1.82) is 0 Å². The number of carbonyl (C=O) groups excluding carboxylic acids is 1. The largest absolute Gasteiger partial charge is 0.484 e. The van der Waals surface area contributed by atoms with Crippen LogP contribution in [0.1, 0.15) is 21.5 Å². The molecule has 1 amide bonds. The highest BCUT2D eigenvalue weighted by Crippen LogP contribution is 2.18. The van der Waals surface area contributed by atoms with Gasteiger partial charge >= 0.3 is 6.18 Å². The molecule has 2 aromatic rings. The molecule has 0 heterocycles. The second kappa shape index (κ2) is 12.3. The van der Waals surface area contributed by atoms with E-state index < -0.39 is 12.8 Å². The Morgan fingerprint density at radius 3 is 1.90 bits per heavy atom. The monoisotopic (exact) mass is 536 g/mol. The molecule has 0 radical (unpaired) electrons. The summed E-state index contributed by atoms with van der Waals surface area (Å²) in [7, 11) is 3.22. The minimum atomic E-state index is -4.36. The van der Waals surface area contributed by atoms with Gasteiger partial charge in [-0.05, 0) is 35.4 Å². The maximum atomic E-state index is 12.2. The van der Waals surface area contributed by atoms with Gasteiger partial charge in [0.1, 0.15) is 5.75 Å². The van der Waals surface area contributed by atoms with Crippen molar-refractivity contribution >= 4 is 35.8 Å². The first-order valence-electron chi connectivity index (χ1n) is 8.85. The summed E-state index contributed by atoms with van der Waals surface area (Å²) in [5.41, 5.74) is 2.43. The van der Waals surface area contributed by atoms with Crippen molar-refractivity contribution in [3.8, 4) is 5.75 Å². The van der Waals surface area contributed by atoms with Gasteiger partial charge in [0.2, 0.25) is 0 Å². The van der Waals surface area contributed by atoms with Crippen LogP contribution in [0.15, 0.2) is 53.5 Å². The van der Waals surface area contributed by atoms with Crippen LogP contribution in [0, 0.1) is 0 Å². The second-order valence-corrected chi connectivity index (χ2v) is 6.10. The summed E-state index contributed by atoms with van der Waals surface area (Å²) >= 11 is 0. The number of carbonyl (C=O) groups is 1. The summed E-state index contributed by atoms with van der Waals surface area (Å²) in [4.78, 5) is 15.7. The van der Waals surface area contributed by atoms with E-state index in [0.717, 1.165) is 11.1 Å². The smallest absolute Gasteiger partial charge is 0.422 e. The van der Waals surface area contributed by atoms with E-state index in [1.54, 1.807) is 38.4 Å². The molecule has 2 aromatic carbocycles. The molecular formula is C20H24F3IN4O2. The quantitative estimate of drug-likeness (QED) is 0.288. The Hall–Kier alpha value is -2.50. The summed E-state index contributed by atoms with van der Waals surface area (Å²) in [5.74, 6) is 0.586. The number of nitrogens with one attached hydrogen (secondary N) is 3. The van der Waals surface area contributed by atoms with E-state index in [4.69, 9.17) is 0 Å². The predicted molar refractivity (Wildman–Crippen MR) is 120 cm³/mol. The number of hydrogen-bond donors (Lipinski definition) is 3. The molecule has 2 rings (SSSR count). The second-order valence-electron chi connectivity index (χ2n) is 6.10. The Morgan fingerprint density at radius 2 is 1.47 bits per heavy atom. The lowest BCUT2D eigenvalue weighted by molar-refractivity contribution is -0.153. The van der Waals surface area contributed by atoms with Gasteiger partial charge in [0.25, 0.3) is 5.91 Å². The number of aliphatic imine (C=N–C) groups is 1. The molecule has 10 heteroatoms. The number of ether oxygens (including phenoxy) is 1. The molecule has 164 valence electrons. The zero-order chi connectivity index (χ0) is 21.3. The highest BCUT2D eigenvalue weighted by molar-refractivity contribution is 14.0.